The third kappa shape index (κ3) is 6.72. The molecule has 2 bridgehead atoms. The number of carboxylic acids is 1. The van der Waals surface area contributed by atoms with Gasteiger partial charge in [0.15, 0.2) is 11.5 Å². The van der Waals surface area contributed by atoms with Crippen LogP contribution in [0.2, 0.25) is 0 Å². The Hall–Kier alpha value is -5.08. The molecule has 3 aromatic carbocycles. The average Bonchev–Trinajstić information content (AvgIpc) is 3.55. The molecule has 2 N–H and O–H groups in total. The van der Waals surface area contributed by atoms with E-state index in [1.165, 1.54) is 43.2 Å². The fourth-order valence-electron chi connectivity index (χ4n) is 7.25. The van der Waals surface area contributed by atoms with Gasteiger partial charge in [-0.3, -0.25) is 15.0 Å². The fraction of sp³-hybridized carbons (Fsp3) is 0.361. The number of piperidine rings is 1. The number of hydrogen-bond acceptors (Lipinski definition) is 8. The number of carboxylic acid groups (broad SMARTS) is 1. The molecule has 14 heteroatoms. The highest BCUT2D eigenvalue weighted by atomic mass is 19.4. The molecule has 6 rings (SSSR count). The third-order valence-electron chi connectivity index (χ3n) is 9.63. The zero-order valence-corrected chi connectivity index (χ0v) is 27.3. The number of hydrogen-bond donors (Lipinski definition) is 2. The SMILES string of the molecule is COc1cc(C=CC(=O)O)cc(OC)c1OC1CC2CCC(C1)N2CC(O)(c1cn(Cc2ccccc2)c2cc([N+](=O)[O-])ccc12)C(F)(F)F. The number of rotatable bonds is 12. The molecule has 3 unspecified atom stereocenters. The van der Waals surface area contributed by atoms with Crippen LogP contribution in [0.5, 0.6) is 17.2 Å². The molecule has 50 heavy (non-hydrogen) atoms. The zero-order chi connectivity index (χ0) is 35.8. The van der Waals surface area contributed by atoms with Crippen LogP contribution in [-0.2, 0) is 16.9 Å². The van der Waals surface area contributed by atoms with Crippen LogP contribution < -0.4 is 14.2 Å². The highest BCUT2D eigenvalue weighted by Gasteiger charge is 2.59. The summed E-state index contributed by atoms with van der Waals surface area (Å²) in [5.74, 6) is -0.206. The molecule has 2 saturated heterocycles. The third-order valence-corrected chi connectivity index (χ3v) is 9.63. The smallest absolute Gasteiger partial charge is 0.422 e. The number of methoxy groups -OCH3 is 2. The van der Waals surface area contributed by atoms with E-state index in [-0.39, 0.29) is 40.8 Å². The van der Waals surface area contributed by atoms with Gasteiger partial charge in [-0.25, -0.2) is 4.79 Å². The van der Waals surface area contributed by atoms with Gasteiger partial charge in [-0.1, -0.05) is 30.3 Å². The summed E-state index contributed by atoms with van der Waals surface area (Å²) in [6.45, 7) is -0.582. The number of fused-ring (bicyclic) bond motifs is 3. The highest BCUT2D eigenvalue weighted by molar-refractivity contribution is 5.87. The monoisotopic (exact) mass is 695 g/mol. The Kier molecular flexibility index (Phi) is 9.51. The number of benzene rings is 3. The minimum Gasteiger partial charge on any atom is -0.493 e. The first-order valence-electron chi connectivity index (χ1n) is 16.0. The van der Waals surface area contributed by atoms with Gasteiger partial charge in [0.2, 0.25) is 11.4 Å². The van der Waals surface area contributed by atoms with Crippen molar-refractivity contribution in [2.75, 3.05) is 20.8 Å². The number of aliphatic carboxylic acids is 1. The Labute approximate surface area is 285 Å². The van der Waals surface area contributed by atoms with Gasteiger partial charge in [0.1, 0.15) is 6.10 Å². The van der Waals surface area contributed by atoms with Crippen molar-refractivity contribution in [2.45, 2.75) is 62.2 Å². The Bertz CT molecular complexity index is 1890. The summed E-state index contributed by atoms with van der Waals surface area (Å²) in [5, 5.41) is 32.5. The van der Waals surface area contributed by atoms with E-state index in [4.69, 9.17) is 19.3 Å². The molecular weight excluding hydrogens is 659 g/mol. The van der Waals surface area contributed by atoms with E-state index in [1.54, 1.807) is 41.3 Å². The second kappa shape index (κ2) is 13.7. The summed E-state index contributed by atoms with van der Waals surface area (Å²) in [6, 6.07) is 15.2. The molecule has 2 aliphatic heterocycles. The minimum absolute atomic E-state index is 0.0813. The molecule has 0 saturated carbocycles. The summed E-state index contributed by atoms with van der Waals surface area (Å²) < 4.78 is 64.4. The lowest BCUT2D eigenvalue weighted by Crippen LogP contribution is -2.56. The summed E-state index contributed by atoms with van der Waals surface area (Å²) in [6.07, 6.45) is 0.109. The second-order valence-electron chi connectivity index (χ2n) is 12.7. The largest absolute Gasteiger partial charge is 0.493 e. The first kappa shape index (κ1) is 34.8. The van der Waals surface area contributed by atoms with E-state index in [0.717, 1.165) is 17.7 Å². The van der Waals surface area contributed by atoms with Crippen molar-refractivity contribution in [2.24, 2.45) is 0 Å². The van der Waals surface area contributed by atoms with Gasteiger partial charge in [-0.15, -0.1) is 0 Å². The van der Waals surface area contributed by atoms with Gasteiger partial charge in [-0.05, 0) is 61.1 Å². The van der Waals surface area contributed by atoms with Gasteiger partial charge in [0.05, 0.1) is 24.7 Å². The van der Waals surface area contributed by atoms with Crippen molar-refractivity contribution in [3.63, 3.8) is 0 Å². The van der Waals surface area contributed by atoms with E-state index in [0.29, 0.717) is 48.5 Å². The quantitative estimate of drug-likeness (QED) is 0.0962. The van der Waals surface area contributed by atoms with Crippen LogP contribution in [0.3, 0.4) is 0 Å². The van der Waals surface area contributed by atoms with Gasteiger partial charge in [-0.2, -0.15) is 13.2 Å². The summed E-state index contributed by atoms with van der Waals surface area (Å²) >= 11 is 0. The van der Waals surface area contributed by atoms with Gasteiger partial charge < -0.3 is 29.0 Å². The molecule has 0 amide bonds. The molecular formula is C36H36F3N3O8. The lowest BCUT2D eigenvalue weighted by molar-refractivity contribution is -0.384. The number of aliphatic hydroxyl groups is 1. The Balaban J connectivity index is 1.30. The number of non-ortho nitro benzene ring substituents is 1. The molecule has 264 valence electrons. The van der Waals surface area contributed by atoms with Crippen LogP contribution in [0.1, 0.15) is 42.4 Å². The Morgan fingerprint density at radius 1 is 1.02 bits per heavy atom. The van der Waals surface area contributed by atoms with E-state index in [9.17, 15) is 20.0 Å². The van der Waals surface area contributed by atoms with E-state index in [2.05, 4.69) is 0 Å². The maximum absolute atomic E-state index is 15.2. The fourth-order valence-corrected chi connectivity index (χ4v) is 7.25. The standard InChI is InChI=1S/C36H36F3N3O8/c1-48-31-14-23(8-13-33(43)44)15-32(49-2)34(31)50-27-16-24-9-10-25(17-27)41(24)21-35(45,36(37,38)39)29-20-40(19-22-6-4-3-5-7-22)30-18-26(42(46)47)11-12-28(29)30/h3-8,11-15,18,20,24-25,27,45H,9-10,16-17,19,21H2,1-2H3,(H,43,44). The van der Waals surface area contributed by atoms with Crippen LogP contribution >= 0.6 is 0 Å². The number of nitrogens with zero attached hydrogens (tertiary/aromatic N) is 3. The topological polar surface area (TPSA) is 137 Å². The number of nitro benzene ring substituents is 1. The maximum atomic E-state index is 15.2. The minimum atomic E-state index is -5.08. The molecule has 4 aromatic rings. The average molecular weight is 696 g/mol. The van der Waals surface area contributed by atoms with Crippen molar-refractivity contribution >= 4 is 28.6 Å². The summed E-state index contributed by atoms with van der Waals surface area (Å²) in [7, 11) is 2.87. The van der Waals surface area contributed by atoms with Gasteiger partial charge >= 0.3 is 12.1 Å². The number of halogens is 3. The number of nitro groups is 1. The van der Waals surface area contributed by atoms with Crippen LogP contribution in [0.15, 0.2) is 72.9 Å². The Morgan fingerprint density at radius 3 is 2.22 bits per heavy atom. The molecule has 3 heterocycles. The summed E-state index contributed by atoms with van der Waals surface area (Å²) in [4.78, 5) is 23.7. The van der Waals surface area contributed by atoms with E-state index in [1.807, 2.05) is 6.07 Å². The van der Waals surface area contributed by atoms with Crippen molar-refractivity contribution in [1.29, 1.82) is 0 Å². The van der Waals surface area contributed by atoms with E-state index < -0.39 is 35.3 Å². The zero-order valence-electron chi connectivity index (χ0n) is 27.3. The van der Waals surface area contributed by atoms with Crippen molar-refractivity contribution in [3.8, 4) is 17.2 Å². The number of ether oxygens (including phenoxy) is 3. The number of aromatic nitrogens is 1. The predicted octanol–water partition coefficient (Wildman–Crippen LogP) is 6.54. The Morgan fingerprint density at radius 2 is 1.66 bits per heavy atom. The second-order valence-corrected chi connectivity index (χ2v) is 12.7. The van der Waals surface area contributed by atoms with Gasteiger partial charge in [0, 0.05) is 60.5 Å². The molecule has 0 aliphatic carbocycles. The van der Waals surface area contributed by atoms with Crippen LogP contribution in [0.25, 0.3) is 17.0 Å². The molecule has 2 fully saturated rings. The normalized spacial score (nSPS) is 20.6. The molecule has 0 radical (unpaired) electrons. The molecule has 0 spiro atoms. The molecule has 3 atom stereocenters. The first-order valence-corrected chi connectivity index (χ1v) is 16.0. The number of carbonyl (C=O) groups is 1. The van der Waals surface area contributed by atoms with Gasteiger partial charge in [0.25, 0.3) is 5.69 Å². The van der Waals surface area contributed by atoms with Crippen molar-refractivity contribution in [1.82, 2.24) is 9.47 Å². The lowest BCUT2D eigenvalue weighted by Gasteiger charge is -2.43. The van der Waals surface area contributed by atoms with Crippen LogP contribution in [0, 0.1) is 10.1 Å². The first-order chi connectivity index (χ1) is 23.8. The van der Waals surface area contributed by atoms with Crippen molar-refractivity contribution in [3.05, 3.63) is 99.7 Å². The predicted molar refractivity (Wildman–Crippen MR) is 177 cm³/mol. The molecule has 1 aromatic heterocycles. The maximum Gasteiger partial charge on any atom is 0.422 e. The van der Waals surface area contributed by atoms with Crippen LogP contribution in [-0.4, -0.2) is 75.7 Å². The van der Waals surface area contributed by atoms with Crippen LogP contribution in [0.4, 0.5) is 18.9 Å². The highest BCUT2D eigenvalue weighted by Crippen LogP contribution is 2.48. The molecule has 11 nitrogen and oxygen atoms in total. The van der Waals surface area contributed by atoms with E-state index >= 15 is 13.2 Å². The summed E-state index contributed by atoms with van der Waals surface area (Å²) in [5.41, 5.74) is -2.43. The van der Waals surface area contributed by atoms with Crippen molar-refractivity contribution < 1.29 is 47.3 Å². The molecule has 2 aliphatic rings. The number of alkyl halides is 3. The lowest BCUT2D eigenvalue weighted by atomic mass is 9.89.